The molecule has 0 aliphatic carbocycles. The predicted molar refractivity (Wildman–Crippen MR) is 124 cm³/mol. The first-order chi connectivity index (χ1) is 15.4. The van der Waals surface area contributed by atoms with Gasteiger partial charge in [0.05, 0.1) is 46.8 Å². The molecule has 1 N–H and O–H groups in total. The molecular weight excluding hydrogens is 428 g/mol. The fraction of sp³-hybridized carbons (Fsp3) is 0.522. The molecule has 2 atom stereocenters. The van der Waals surface area contributed by atoms with E-state index in [1.807, 2.05) is 36.9 Å². The Kier molecular flexibility index (Phi) is 4.61. The number of anilines is 2. The maximum absolute atomic E-state index is 10.3. The van der Waals surface area contributed by atoms with Crippen molar-refractivity contribution in [2.24, 2.45) is 0 Å². The standard InChI is InChI=1S/C23H27ClN6O2/c1-14-26-21(29-12-17-8-16(29)13-32-17)10-22(27-14)30-19-9-20(18(24)7-15(19)11-25-30)28-5-3-23(2,31)4-6-28/h7,9-11,16-17,31H,3-6,8,12-13H2,1-2H3. The van der Waals surface area contributed by atoms with Crippen LogP contribution in [0.4, 0.5) is 11.5 Å². The molecule has 2 aromatic heterocycles. The topological polar surface area (TPSA) is 79.5 Å². The summed E-state index contributed by atoms with van der Waals surface area (Å²) in [5, 5.41) is 16.6. The summed E-state index contributed by atoms with van der Waals surface area (Å²) < 4.78 is 7.63. The van der Waals surface area contributed by atoms with E-state index in [0.717, 1.165) is 79.6 Å². The van der Waals surface area contributed by atoms with E-state index in [1.54, 1.807) is 0 Å². The maximum atomic E-state index is 10.3. The van der Waals surface area contributed by atoms with Crippen molar-refractivity contribution >= 4 is 34.0 Å². The van der Waals surface area contributed by atoms with Crippen molar-refractivity contribution in [3.05, 3.63) is 35.2 Å². The number of hydrogen-bond acceptors (Lipinski definition) is 7. The highest BCUT2D eigenvalue weighted by Gasteiger charge is 2.40. The third-order valence-corrected chi connectivity index (χ3v) is 7.34. The molecule has 1 aromatic carbocycles. The van der Waals surface area contributed by atoms with Crippen LogP contribution in [0, 0.1) is 6.92 Å². The summed E-state index contributed by atoms with van der Waals surface area (Å²) in [6.45, 7) is 6.99. The van der Waals surface area contributed by atoms with Gasteiger partial charge in [0.15, 0.2) is 5.82 Å². The Morgan fingerprint density at radius 2 is 1.94 bits per heavy atom. The number of rotatable bonds is 3. The van der Waals surface area contributed by atoms with E-state index in [0.29, 0.717) is 17.2 Å². The molecular formula is C23H27ClN6O2. The summed E-state index contributed by atoms with van der Waals surface area (Å²) in [6.07, 6.45) is 4.63. The van der Waals surface area contributed by atoms with Gasteiger partial charge in [-0.1, -0.05) is 11.6 Å². The van der Waals surface area contributed by atoms with Crippen molar-refractivity contribution in [2.45, 2.75) is 50.9 Å². The molecule has 3 aromatic rings. The largest absolute Gasteiger partial charge is 0.390 e. The van der Waals surface area contributed by atoms with Crippen LogP contribution >= 0.6 is 11.6 Å². The lowest BCUT2D eigenvalue weighted by molar-refractivity contribution is 0.0351. The van der Waals surface area contributed by atoms with Gasteiger partial charge in [0.2, 0.25) is 0 Å². The van der Waals surface area contributed by atoms with Crippen LogP contribution in [0.2, 0.25) is 5.02 Å². The molecule has 168 valence electrons. The Morgan fingerprint density at radius 1 is 1.16 bits per heavy atom. The van der Waals surface area contributed by atoms with Crippen molar-refractivity contribution in [3.63, 3.8) is 0 Å². The number of benzene rings is 1. The number of piperidine rings is 1. The van der Waals surface area contributed by atoms with Crippen LogP contribution in [0.1, 0.15) is 32.0 Å². The lowest BCUT2D eigenvalue weighted by Crippen LogP contribution is -2.42. The monoisotopic (exact) mass is 454 g/mol. The second kappa shape index (κ2) is 7.30. The molecule has 3 aliphatic heterocycles. The van der Waals surface area contributed by atoms with Crippen LogP contribution in [0.15, 0.2) is 24.4 Å². The van der Waals surface area contributed by atoms with E-state index in [2.05, 4.69) is 21.0 Å². The van der Waals surface area contributed by atoms with Gasteiger partial charge in [0.1, 0.15) is 11.6 Å². The van der Waals surface area contributed by atoms with Crippen molar-refractivity contribution in [1.82, 2.24) is 19.7 Å². The van der Waals surface area contributed by atoms with Crippen LogP contribution in [0.25, 0.3) is 16.7 Å². The summed E-state index contributed by atoms with van der Waals surface area (Å²) in [5.74, 6) is 2.40. The molecule has 0 amide bonds. The molecule has 3 fully saturated rings. The minimum absolute atomic E-state index is 0.305. The highest BCUT2D eigenvalue weighted by Crippen LogP contribution is 2.36. The molecule has 0 spiro atoms. The molecule has 9 heteroatoms. The van der Waals surface area contributed by atoms with Crippen LogP contribution < -0.4 is 9.80 Å². The first kappa shape index (κ1) is 20.2. The zero-order valence-corrected chi connectivity index (χ0v) is 19.1. The summed E-state index contributed by atoms with van der Waals surface area (Å²) in [4.78, 5) is 14.0. The number of halogens is 1. The normalized spacial score (nSPS) is 24.6. The van der Waals surface area contributed by atoms with Crippen molar-refractivity contribution in [3.8, 4) is 5.82 Å². The molecule has 32 heavy (non-hydrogen) atoms. The van der Waals surface area contributed by atoms with Gasteiger partial charge in [-0.2, -0.15) is 5.10 Å². The lowest BCUT2D eigenvalue weighted by atomic mass is 9.93. The number of fused-ring (bicyclic) bond motifs is 3. The van der Waals surface area contributed by atoms with E-state index < -0.39 is 5.60 Å². The minimum Gasteiger partial charge on any atom is -0.390 e. The molecule has 6 rings (SSSR count). The van der Waals surface area contributed by atoms with Crippen LogP contribution in [0.3, 0.4) is 0 Å². The molecule has 2 bridgehead atoms. The molecule has 0 saturated carbocycles. The van der Waals surface area contributed by atoms with Gasteiger partial charge in [0.25, 0.3) is 0 Å². The van der Waals surface area contributed by atoms with Gasteiger partial charge in [-0.3, -0.25) is 0 Å². The number of aliphatic hydroxyl groups is 1. The lowest BCUT2D eigenvalue weighted by Gasteiger charge is -2.37. The van der Waals surface area contributed by atoms with Gasteiger partial charge >= 0.3 is 0 Å². The number of aryl methyl sites for hydroxylation is 1. The molecule has 0 radical (unpaired) electrons. The van der Waals surface area contributed by atoms with Crippen LogP contribution in [0.5, 0.6) is 0 Å². The molecule has 5 heterocycles. The first-order valence-corrected chi connectivity index (χ1v) is 11.6. The number of aromatic nitrogens is 4. The fourth-order valence-electron chi connectivity index (χ4n) is 5.16. The Labute approximate surface area is 191 Å². The Balaban J connectivity index is 1.38. The van der Waals surface area contributed by atoms with E-state index >= 15 is 0 Å². The minimum atomic E-state index is -0.607. The average molecular weight is 455 g/mol. The molecule has 8 nitrogen and oxygen atoms in total. The summed E-state index contributed by atoms with van der Waals surface area (Å²) in [6, 6.07) is 6.46. The highest BCUT2D eigenvalue weighted by molar-refractivity contribution is 6.34. The Hall–Kier alpha value is -2.42. The van der Waals surface area contributed by atoms with Crippen molar-refractivity contribution < 1.29 is 9.84 Å². The molecule has 3 aliphatic rings. The van der Waals surface area contributed by atoms with E-state index in [-0.39, 0.29) is 0 Å². The highest BCUT2D eigenvalue weighted by atomic mass is 35.5. The summed E-state index contributed by atoms with van der Waals surface area (Å²) in [5.41, 5.74) is 1.32. The summed E-state index contributed by atoms with van der Waals surface area (Å²) >= 11 is 6.65. The van der Waals surface area contributed by atoms with E-state index in [1.165, 1.54) is 0 Å². The SMILES string of the molecule is Cc1nc(N2CC3CC2CO3)cc(-n2ncc3cc(Cl)c(N4CCC(C)(O)CC4)cc32)n1. The number of ether oxygens (including phenoxy) is 1. The van der Waals surface area contributed by atoms with Crippen molar-refractivity contribution in [1.29, 1.82) is 0 Å². The number of morpholine rings is 1. The predicted octanol–water partition coefficient (Wildman–Crippen LogP) is 3.11. The van der Waals surface area contributed by atoms with Gasteiger partial charge < -0.3 is 19.6 Å². The third kappa shape index (κ3) is 3.41. The zero-order valence-electron chi connectivity index (χ0n) is 18.3. The number of hydrogen-bond donors (Lipinski definition) is 1. The molecule has 2 unspecified atom stereocenters. The van der Waals surface area contributed by atoms with Gasteiger partial charge in [0, 0.05) is 31.1 Å². The smallest absolute Gasteiger partial charge is 0.159 e. The van der Waals surface area contributed by atoms with Gasteiger partial charge in [-0.25, -0.2) is 14.6 Å². The van der Waals surface area contributed by atoms with Crippen LogP contribution in [-0.2, 0) is 4.74 Å². The van der Waals surface area contributed by atoms with Gasteiger partial charge in [-0.05, 0) is 45.2 Å². The van der Waals surface area contributed by atoms with Gasteiger partial charge in [-0.15, -0.1) is 0 Å². The Bertz CT molecular complexity index is 1180. The zero-order chi connectivity index (χ0) is 22.0. The molecule has 3 saturated heterocycles. The second-order valence-electron chi connectivity index (χ2n) is 9.53. The quantitative estimate of drug-likeness (QED) is 0.651. The maximum Gasteiger partial charge on any atom is 0.159 e. The van der Waals surface area contributed by atoms with E-state index in [9.17, 15) is 5.11 Å². The first-order valence-electron chi connectivity index (χ1n) is 11.3. The third-order valence-electron chi connectivity index (χ3n) is 7.04. The van der Waals surface area contributed by atoms with E-state index in [4.69, 9.17) is 26.3 Å². The summed E-state index contributed by atoms with van der Waals surface area (Å²) in [7, 11) is 0. The number of nitrogens with zero attached hydrogens (tertiary/aromatic N) is 6. The fourth-order valence-corrected chi connectivity index (χ4v) is 5.45. The van der Waals surface area contributed by atoms with Crippen molar-refractivity contribution in [2.75, 3.05) is 36.0 Å². The Morgan fingerprint density at radius 3 is 2.66 bits per heavy atom. The van der Waals surface area contributed by atoms with Crippen LogP contribution in [-0.4, -0.2) is 68.8 Å². The average Bonchev–Trinajstić information content (AvgIpc) is 3.48. The second-order valence-corrected chi connectivity index (χ2v) is 9.94.